The standard InChI is InChI=1S/C14H20BrNO3/c1-3-14(18,10-16-13(17)8-9-19-2)11-4-6-12(15)7-5-11/h4-7,18H,3,8-10H2,1-2H3,(H,16,17)/t14-/m0/s1. The zero-order valence-corrected chi connectivity index (χ0v) is 12.9. The molecule has 2 N–H and O–H groups in total. The number of hydrogen-bond donors (Lipinski definition) is 2. The summed E-state index contributed by atoms with van der Waals surface area (Å²) in [7, 11) is 1.55. The fourth-order valence-corrected chi connectivity index (χ4v) is 1.98. The van der Waals surface area contributed by atoms with Crippen molar-refractivity contribution in [1.29, 1.82) is 0 Å². The third kappa shape index (κ3) is 4.93. The van der Waals surface area contributed by atoms with E-state index >= 15 is 0 Å². The van der Waals surface area contributed by atoms with Crippen LogP contribution in [0.1, 0.15) is 25.3 Å². The van der Waals surface area contributed by atoms with Gasteiger partial charge in [0.2, 0.25) is 5.91 Å². The number of aliphatic hydroxyl groups is 1. The molecule has 0 radical (unpaired) electrons. The first-order valence-electron chi connectivity index (χ1n) is 6.26. The fourth-order valence-electron chi connectivity index (χ4n) is 1.72. The zero-order chi connectivity index (χ0) is 14.3. The largest absolute Gasteiger partial charge is 0.384 e. The van der Waals surface area contributed by atoms with Gasteiger partial charge >= 0.3 is 0 Å². The molecule has 0 aliphatic heterocycles. The number of nitrogens with one attached hydrogen (secondary N) is 1. The van der Waals surface area contributed by atoms with E-state index in [0.717, 1.165) is 10.0 Å². The Morgan fingerprint density at radius 3 is 2.58 bits per heavy atom. The quantitative estimate of drug-likeness (QED) is 0.806. The van der Waals surface area contributed by atoms with Crippen LogP contribution in [0.2, 0.25) is 0 Å². The first-order chi connectivity index (χ1) is 9.01. The molecule has 5 heteroatoms. The lowest BCUT2D eigenvalue weighted by atomic mass is 9.91. The van der Waals surface area contributed by atoms with Crippen molar-refractivity contribution < 1.29 is 14.6 Å². The average molecular weight is 330 g/mol. The molecule has 4 nitrogen and oxygen atoms in total. The van der Waals surface area contributed by atoms with Crippen molar-refractivity contribution in [2.75, 3.05) is 20.3 Å². The average Bonchev–Trinajstić information content (AvgIpc) is 2.43. The lowest BCUT2D eigenvalue weighted by Crippen LogP contribution is -2.40. The molecule has 106 valence electrons. The Kier molecular flexibility index (Phi) is 6.48. The van der Waals surface area contributed by atoms with Gasteiger partial charge < -0.3 is 15.2 Å². The Labute approximate surface area is 122 Å². The zero-order valence-electron chi connectivity index (χ0n) is 11.3. The molecular formula is C14H20BrNO3. The maximum Gasteiger partial charge on any atom is 0.222 e. The Balaban J connectivity index is 2.65. The van der Waals surface area contributed by atoms with Crippen LogP contribution in [-0.4, -0.2) is 31.3 Å². The number of hydrogen-bond acceptors (Lipinski definition) is 3. The van der Waals surface area contributed by atoms with Gasteiger partial charge in [-0.3, -0.25) is 4.79 Å². The molecule has 0 bridgehead atoms. The first-order valence-corrected chi connectivity index (χ1v) is 7.05. The minimum absolute atomic E-state index is 0.120. The van der Waals surface area contributed by atoms with E-state index in [4.69, 9.17) is 4.74 Å². The number of methoxy groups -OCH3 is 1. The topological polar surface area (TPSA) is 58.6 Å². The van der Waals surface area contributed by atoms with E-state index in [2.05, 4.69) is 21.2 Å². The molecule has 0 fully saturated rings. The van der Waals surface area contributed by atoms with Gasteiger partial charge in [0.1, 0.15) is 5.60 Å². The molecule has 0 spiro atoms. The Morgan fingerprint density at radius 1 is 1.42 bits per heavy atom. The van der Waals surface area contributed by atoms with E-state index in [1.807, 2.05) is 31.2 Å². The Hall–Kier alpha value is -0.910. The smallest absolute Gasteiger partial charge is 0.222 e. The van der Waals surface area contributed by atoms with Crippen LogP contribution in [0.4, 0.5) is 0 Å². The first kappa shape index (κ1) is 16.1. The second-order valence-electron chi connectivity index (χ2n) is 4.41. The normalized spacial score (nSPS) is 13.9. The molecule has 1 aromatic carbocycles. The Bertz CT molecular complexity index is 408. The molecule has 0 unspecified atom stereocenters. The van der Waals surface area contributed by atoms with Crippen molar-refractivity contribution in [2.45, 2.75) is 25.4 Å². The van der Waals surface area contributed by atoms with Gasteiger partial charge in [0.25, 0.3) is 0 Å². The number of benzene rings is 1. The van der Waals surface area contributed by atoms with E-state index < -0.39 is 5.60 Å². The van der Waals surface area contributed by atoms with Gasteiger partial charge in [0, 0.05) is 18.0 Å². The summed E-state index contributed by atoms with van der Waals surface area (Å²) in [5, 5.41) is 13.3. The summed E-state index contributed by atoms with van der Waals surface area (Å²) in [4.78, 5) is 11.5. The van der Waals surface area contributed by atoms with Crippen LogP contribution < -0.4 is 5.32 Å². The summed E-state index contributed by atoms with van der Waals surface area (Å²) in [6.45, 7) is 2.48. The molecule has 1 aromatic rings. The van der Waals surface area contributed by atoms with Crippen LogP contribution in [0, 0.1) is 0 Å². The van der Waals surface area contributed by atoms with Gasteiger partial charge in [-0.2, -0.15) is 0 Å². The van der Waals surface area contributed by atoms with E-state index in [1.54, 1.807) is 7.11 Å². The van der Waals surface area contributed by atoms with Crippen molar-refractivity contribution in [3.05, 3.63) is 34.3 Å². The summed E-state index contributed by atoms with van der Waals surface area (Å²) in [5.41, 5.74) is -0.242. The van der Waals surface area contributed by atoms with Crippen LogP contribution in [0.3, 0.4) is 0 Å². The predicted octanol–water partition coefficient (Wildman–Crippen LogP) is 2.20. The second-order valence-corrected chi connectivity index (χ2v) is 5.33. The minimum Gasteiger partial charge on any atom is -0.384 e. The number of ether oxygens (including phenoxy) is 1. The third-order valence-corrected chi connectivity index (χ3v) is 3.61. The maximum absolute atomic E-state index is 11.5. The SMILES string of the molecule is CC[C@](O)(CNC(=O)CCOC)c1ccc(Br)cc1. The number of carbonyl (C=O) groups is 1. The van der Waals surface area contributed by atoms with Gasteiger partial charge in [-0.15, -0.1) is 0 Å². The molecule has 0 aromatic heterocycles. The molecule has 0 aliphatic rings. The maximum atomic E-state index is 11.5. The van der Waals surface area contributed by atoms with Crippen molar-refractivity contribution in [1.82, 2.24) is 5.32 Å². The molecular weight excluding hydrogens is 310 g/mol. The molecule has 0 saturated carbocycles. The highest BCUT2D eigenvalue weighted by atomic mass is 79.9. The van der Waals surface area contributed by atoms with Crippen molar-refractivity contribution in [3.8, 4) is 0 Å². The van der Waals surface area contributed by atoms with Gasteiger partial charge in [-0.25, -0.2) is 0 Å². The van der Waals surface area contributed by atoms with E-state index in [0.29, 0.717) is 19.4 Å². The number of carbonyl (C=O) groups excluding carboxylic acids is 1. The fraction of sp³-hybridized carbons (Fsp3) is 0.500. The summed E-state index contributed by atoms with van der Waals surface area (Å²) < 4.78 is 5.80. The highest BCUT2D eigenvalue weighted by Gasteiger charge is 2.27. The summed E-state index contributed by atoms with van der Waals surface area (Å²) in [6, 6.07) is 7.47. The predicted molar refractivity (Wildman–Crippen MR) is 77.8 cm³/mol. The van der Waals surface area contributed by atoms with Crippen LogP contribution in [0.25, 0.3) is 0 Å². The molecule has 0 saturated heterocycles. The lowest BCUT2D eigenvalue weighted by Gasteiger charge is -2.27. The summed E-state index contributed by atoms with van der Waals surface area (Å²) in [5.74, 6) is -0.120. The van der Waals surface area contributed by atoms with Gasteiger partial charge in [0.05, 0.1) is 13.2 Å². The highest BCUT2D eigenvalue weighted by molar-refractivity contribution is 9.10. The van der Waals surface area contributed by atoms with Gasteiger partial charge in [-0.1, -0.05) is 35.0 Å². The molecule has 1 amide bonds. The van der Waals surface area contributed by atoms with E-state index in [9.17, 15) is 9.90 Å². The molecule has 0 heterocycles. The molecule has 0 aliphatic carbocycles. The Morgan fingerprint density at radius 2 is 2.05 bits per heavy atom. The van der Waals surface area contributed by atoms with Gasteiger partial charge in [0.15, 0.2) is 0 Å². The number of rotatable bonds is 7. The summed E-state index contributed by atoms with van der Waals surface area (Å²) in [6.07, 6.45) is 0.829. The second kappa shape index (κ2) is 7.62. The van der Waals surface area contributed by atoms with Crippen molar-refractivity contribution in [3.63, 3.8) is 0 Å². The van der Waals surface area contributed by atoms with Gasteiger partial charge in [-0.05, 0) is 24.1 Å². The molecule has 19 heavy (non-hydrogen) atoms. The molecule has 1 atom stereocenters. The lowest BCUT2D eigenvalue weighted by molar-refractivity contribution is -0.123. The molecule has 1 rings (SSSR count). The number of amides is 1. The van der Waals surface area contributed by atoms with E-state index in [1.165, 1.54) is 0 Å². The monoisotopic (exact) mass is 329 g/mol. The van der Waals surface area contributed by atoms with Crippen LogP contribution in [0.15, 0.2) is 28.7 Å². The van der Waals surface area contributed by atoms with E-state index in [-0.39, 0.29) is 12.5 Å². The highest BCUT2D eigenvalue weighted by Crippen LogP contribution is 2.25. The van der Waals surface area contributed by atoms with Crippen LogP contribution >= 0.6 is 15.9 Å². The van der Waals surface area contributed by atoms with Crippen LogP contribution in [-0.2, 0) is 15.1 Å². The summed E-state index contributed by atoms with van der Waals surface area (Å²) >= 11 is 3.36. The van der Waals surface area contributed by atoms with Crippen LogP contribution in [0.5, 0.6) is 0 Å². The minimum atomic E-state index is -1.04. The number of halogens is 1. The van der Waals surface area contributed by atoms with Crippen molar-refractivity contribution >= 4 is 21.8 Å². The third-order valence-electron chi connectivity index (χ3n) is 3.08. The van der Waals surface area contributed by atoms with Crippen molar-refractivity contribution in [2.24, 2.45) is 0 Å².